The predicted octanol–water partition coefficient (Wildman–Crippen LogP) is 1.88. The second kappa shape index (κ2) is 6.74. The summed E-state index contributed by atoms with van der Waals surface area (Å²) in [5.41, 5.74) is 1.24. The van der Waals surface area contributed by atoms with Crippen molar-refractivity contribution in [3.05, 3.63) is 17.5 Å². The number of hydrogen-bond acceptors (Lipinski definition) is 3. The summed E-state index contributed by atoms with van der Waals surface area (Å²) in [7, 11) is 1.72. The molecule has 21 heavy (non-hydrogen) atoms. The third-order valence-electron chi connectivity index (χ3n) is 4.13. The number of amides is 1. The molecule has 1 aliphatic rings. The molecule has 0 aromatic carbocycles. The second-order valence-electron chi connectivity index (χ2n) is 5.81. The highest BCUT2D eigenvalue weighted by Gasteiger charge is 2.30. The van der Waals surface area contributed by atoms with E-state index in [9.17, 15) is 14.7 Å². The number of carbonyl (C=O) groups excluding carboxylic acids is 1. The summed E-state index contributed by atoms with van der Waals surface area (Å²) < 4.78 is 1.53. The summed E-state index contributed by atoms with van der Waals surface area (Å²) in [6.45, 7) is 1.83. The zero-order valence-electron chi connectivity index (χ0n) is 12.6. The van der Waals surface area contributed by atoms with E-state index in [1.165, 1.54) is 4.68 Å². The van der Waals surface area contributed by atoms with Gasteiger partial charge in [0.2, 0.25) is 0 Å². The fourth-order valence-corrected chi connectivity index (χ4v) is 3.02. The molecule has 6 heteroatoms. The molecule has 1 saturated carbocycles. The monoisotopic (exact) mass is 293 g/mol. The van der Waals surface area contributed by atoms with E-state index >= 15 is 0 Å². The topological polar surface area (TPSA) is 84.2 Å². The molecule has 116 valence electrons. The minimum atomic E-state index is -0.816. The van der Waals surface area contributed by atoms with Gasteiger partial charge in [-0.2, -0.15) is 5.10 Å². The van der Waals surface area contributed by atoms with Crippen LogP contribution in [0.1, 0.15) is 54.7 Å². The van der Waals surface area contributed by atoms with Crippen LogP contribution in [0, 0.1) is 12.8 Å². The Morgan fingerprint density at radius 2 is 1.95 bits per heavy atom. The van der Waals surface area contributed by atoms with Gasteiger partial charge in [-0.25, -0.2) is 0 Å². The standard InChI is InChI=1S/C15H23N3O3/c1-10-9-13(18(2)17-10)14(19)16-12-8-6-4-3-5-7-11(12)15(20)21/h9,11-12H,3-8H2,1-2H3,(H,16,19)(H,20,21). The van der Waals surface area contributed by atoms with E-state index in [2.05, 4.69) is 10.4 Å². The Hall–Kier alpha value is -1.85. The lowest BCUT2D eigenvalue weighted by Crippen LogP contribution is -2.44. The van der Waals surface area contributed by atoms with Crippen molar-refractivity contribution in [1.82, 2.24) is 15.1 Å². The first-order chi connectivity index (χ1) is 9.99. The number of rotatable bonds is 3. The lowest BCUT2D eigenvalue weighted by atomic mass is 9.86. The van der Waals surface area contributed by atoms with Crippen molar-refractivity contribution in [2.45, 2.75) is 51.5 Å². The first-order valence-corrected chi connectivity index (χ1v) is 7.53. The highest BCUT2D eigenvalue weighted by Crippen LogP contribution is 2.23. The van der Waals surface area contributed by atoms with Crippen molar-refractivity contribution < 1.29 is 14.7 Å². The number of aryl methyl sites for hydroxylation is 2. The molecular formula is C15H23N3O3. The van der Waals surface area contributed by atoms with Crippen LogP contribution in [0.3, 0.4) is 0 Å². The summed E-state index contributed by atoms with van der Waals surface area (Å²) in [4.78, 5) is 23.8. The van der Waals surface area contributed by atoms with Crippen LogP contribution < -0.4 is 5.32 Å². The Balaban J connectivity index is 2.11. The second-order valence-corrected chi connectivity index (χ2v) is 5.81. The van der Waals surface area contributed by atoms with Gasteiger partial charge < -0.3 is 10.4 Å². The Morgan fingerprint density at radius 1 is 1.29 bits per heavy atom. The van der Waals surface area contributed by atoms with E-state index in [0.717, 1.165) is 37.8 Å². The van der Waals surface area contributed by atoms with E-state index in [1.54, 1.807) is 13.1 Å². The average molecular weight is 293 g/mol. The van der Waals surface area contributed by atoms with Gasteiger partial charge in [-0.05, 0) is 25.8 Å². The number of aromatic nitrogens is 2. The van der Waals surface area contributed by atoms with Gasteiger partial charge in [0, 0.05) is 13.1 Å². The smallest absolute Gasteiger partial charge is 0.308 e. The fourth-order valence-electron chi connectivity index (χ4n) is 3.02. The summed E-state index contributed by atoms with van der Waals surface area (Å²) in [6, 6.07) is 1.42. The fraction of sp³-hybridized carbons (Fsp3) is 0.667. The summed E-state index contributed by atoms with van der Waals surface area (Å²) in [5, 5.41) is 16.5. The predicted molar refractivity (Wildman–Crippen MR) is 78.0 cm³/mol. The molecule has 1 aliphatic carbocycles. The van der Waals surface area contributed by atoms with Crippen molar-refractivity contribution in [3.8, 4) is 0 Å². The Bertz CT molecular complexity index is 524. The zero-order valence-corrected chi connectivity index (χ0v) is 12.6. The van der Waals surface area contributed by atoms with Crippen molar-refractivity contribution in [2.24, 2.45) is 13.0 Å². The summed E-state index contributed by atoms with van der Waals surface area (Å²) in [6.07, 6.45) is 5.40. The van der Waals surface area contributed by atoms with E-state index in [1.807, 2.05) is 6.92 Å². The number of aliphatic carboxylic acids is 1. The van der Waals surface area contributed by atoms with Crippen LogP contribution in [0.2, 0.25) is 0 Å². The van der Waals surface area contributed by atoms with E-state index in [-0.39, 0.29) is 11.9 Å². The number of carbonyl (C=O) groups is 2. The maximum absolute atomic E-state index is 12.3. The highest BCUT2D eigenvalue weighted by atomic mass is 16.4. The highest BCUT2D eigenvalue weighted by molar-refractivity contribution is 5.93. The van der Waals surface area contributed by atoms with Gasteiger partial charge in [-0.15, -0.1) is 0 Å². The largest absolute Gasteiger partial charge is 0.481 e. The zero-order chi connectivity index (χ0) is 15.4. The van der Waals surface area contributed by atoms with E-state index in [0.29, 0.717) is 12.1 Å². The van der Waals surface area contributed by atoms with Gasteiger partial charge in [0.25, 0.3) is 5.91 Å². The Morgan fingerprint density at radius 3 is 2.52 bits per heavy atom. The Labute approximate surface area is 124 Å². The lowest BCUT2D eigenvalue weighted by molar-refractivity contribution is -0.143. The maximum atomic E-state index is 12.3. The molecule has 0 aliphatic heterocycles. The van der Waals surface area contributed by atoms with Crippen LogP contribution in [0.5, 0.6) is 0 Å². The number of hydrogen-bond donors (Lipinski definition) is 2. The average Bonchev–Trinajstić information content (AvgIpc) is 2.71. The molecule has 2 rings (SSSR count). The van der Waals surface area contributed by atoms with Gasteiger partial charge in [-0.1, -0.05) is 25.7 Å². The molecule has 1 aromatic rings. The summed E-state index contributed by atoms with van der Waals surface area (Å²) in [5.74, 6) is -1.55. The van der Waals surface area contributed by atoms with Crippen molar-refractivity contribution in [3.63, 3.8) is 0 Å². The molecule has 6 nitrogen and oxygen atoms in total. The number of carboxylic acids is 1. The molecule has 2 N–H and O–H groups in total. The SMILES string of the molecule is Cc1cc(C(=O)NC2CCCCCCC2C(=O)O)n(C)n1. The molecule has 0 saturated heterocycles. The quantitative estimate of drug-likeness (QED) is 0.891. The molecule has 1 aromatic heterocycles. The van der Waals surface area contributed by atoms with E-state index in [4.69, 9.17) is 0 Å². The van der Waals surface area contributed by atoms with Crippen LogP contribution >= 0.6 is 0 Å². The third-order valence-corrected chi connectivity index (χ3v) is 4.13. The first-order valence-electron chi connectivity index (χ1n) is 7.53. The molecule has 2 unspecified atom stereocenters. The van der Waals surface area contributed by atoms with Crippen molar-refractivity contribution in [1.29, 1.82) is 0 Å². The lowest BCUT2D eigenvalue weighted by Gasteiger charge is -2.27. The molecule has 2 atom stereocenters. The molecular weight excluding hydrogens is 270 g/mol. The molecule has 0 spiro atoms. The van der Waals surface area contributed by atoms with Crippen LogP contribution in [0.4, 0.5) is 0 Å². The molecule has 1 fully saturated rings. The third kappa shape index (κ3) is 3.83. The van der Waals surface area contributed by atoms with Gasteiger partial charge in [0.15, 0.2) is 0 Å². The Kier molecular flexibility index (Phi) is 4.98. The van der Waals surface area contributed by atoms with Gasteiger partial charge in [0.1, 0.15) is 5.69 Å². The van der Waals surface area contributed by atoms with Crippen molar-refractivity contribution >= 4 is 11.9 Å². The summed E-state index contributed by atoms with van der Waals surface area (Å²) >= 11 is 0. The molecule has 0 radical (unpaired) electrons. The van der Waals surface area contributed by atoms with Crippen LogP contribution in [-0.2, 0) is 11.8 Å². The maximum Gasteiger partial charge on any atom is 0.308 e. The van der Waals surface area contributed by atoms with Crippen molar-refractivity contribution in [2.75, 3.05) is 0 Å². The first kappa shape index (κ1) is 15.5. The molecule has 1 heterocycles. The molecule has 1 amide bonds. The van der Waals surface area contributed by atoms with E-state index < -0.39 is 11.9 Å². The van der Waals surface area contributed by atoms with Gasteiger partial charge >= 0.3 is 5.97 Å². The number of nitrogens with one attached hydrogen (secondary N) is 1. The van der Waals surface area contributed by atoms with Crippen LogP contribution in [0.15, 0.2) is 6.07 Å². The minimum Gasteiger partial charge on any atom is -0.481 e. The number of nitrogens with zero attached hydrogens (tertiary/aromatic N) is 2. The van der Waals surface area contributed by atoms with Crippen LogP contribution in [-0.4, -0.2) is 32.8 Å². The molecule has 0 bridgehead atoms. The van der Waals surface area contributed by atoms with Gasteiger partial charge in [-0.3, -0.25) is 14.3 Å². The number of carboxylic acid groups (broad SMARTS) is 1. The minimum absolute atomic E-state index is 0.241. The van der Waals surface area contributed by atoms with Gasteiger partial charge in [0.05, 0.1) is 11.6 Å². The normalized spacial score (nSPS) is 23.1. The van der Waals surface area contributed by atoms with Crippen LogP contribution in [0.25, 0.3) is 0 Å².